The number of ether oxygens (including phenoxy) is 7. The molecule has 40 nitrogen and oxygen atoms in total. The van der Waals surface area contributed by atoms with Crippen molar-refractivity contribution >= 4 is 99.9 Å². The first-order valence-electron chi connectivity index (χ1n) is 39.8. The quantitative estimate of drug-likeness (QED) is 0.0233. The standard InChI is InChI=1S/C84H94Cl3N13O27/c1-36(2)25-49(89-5)75(112)97-66-68(107)40-11-16-53(47(86)27-40)123-55-29-42-30-56(72(55)127-82-73(71(110)70(109)57(35-101)125-82)126-61-34-84(4,74(111)37(3)122-61)90-20-22-100-21-19-59(93-83(100)119)92-60(106)18-9-38-7-13-43(85)14-8-38)124-54-17-12-41(28-48(54)87)69(108)67-80(117)96-65(81(118)99-121-24-23-120-6)46-31-44(102)32-52(104)62(46)45-26-39(10-15-51(45)103)63(77(114)98-67)95-78(115)64(42)94-76(113)50(33-58(88)105)91-79(66)116/h7-19,21,26-32,36-37,49-50,57,61,63-71,73-74,82,89-90,101-104,107-111H,20,22-25,33-35H2,1-6H3,(H2,88,105)(H,91,116)(H,94,113)(H,95,115)(H,96,117)(H,97,112)(H,98,114)(H,99,118)(H,92,93,106,119)/b18-9+. The van der Waals surface area contributed by atoms with Gasteiger partial charge in [-0.2, -0.15) is 4.98 Å². The van der Waals surface area contributed by atoms with E-state index in [1.807, 2.05) is 13.8 Å². The third-order valence-corrected chi connectivity index (χ3v) is 22.5. The lowest BCUT2D eigenvalue weighted by molar-refractivity contribution is -0.334. The molecule has 14 rings (SSSR count). The molecule has 7 aliphatic rings. The molecule has 0 spiro atoms. The minimum atomic E-state index is -2.40. The summed E-state index contributed by atoms with van der Waals surface area (Å²) in [5, 5.41) is 130. The van der Waals surface area contributed by atoms with Crippen LogP contribution in [0.5, 0.6) is 46.0 Å². The summed E-state index contributed by atoms with van der Waals surface area (Å²) in [6.45, 7) is 5.25. The molecule has 1 aromatic heterocycles. The third-order valence-electron chi connectivity index (χ3n) is 21.6. The van der Waals surface area contributed by atoms with E-state index in [0.29, 0.717) is 10.6 Å². The summed E-state index contributed by atoms with van der Waals surface area (Å²) < 4.78 is 45.7. The average Bonchev–Trinajstić information content (AvgIpc) is 0.767. The predicted molar refractivity (Wildman–Crippen MR) is 449 cm³/mol. The SMILES string of the molecule is CNC(CC(C)C)C(=O)NC1C(=O)NC(CC(N)=O)C(=O)NC2C(=O)NC3C(=O)NC(C(=O)NC(C(=O)NOCCOC)c4cc(O)cc(O)c4-c4cc3ccc4O)C(O)c3ccc(c(Cl)c3)Oc3cc2cc(c3OC2OC(CO)C(O)C(O)C2OC2CC(C)(NCCn3ccc(NC(=O)/C=C/c4ccc(Cl)cc4)nc3=O)C(O)C(C)O2)Oc2ccc(cc2Cl)C1O. The first kappa shape index (κ1) is 94.5. The van der Waals surface area contributed by atoms with E-state index in [1.165, 1.54) is 62.2 Å². The number of methoxy groups -OCH3 is 1. The zero-order chi connectivity index (χ0) is 91.7. The molecule has 18 unspecified atom stereocenters. The number of hydrogen-bond acceptors (Lipinski definition) is 30. The highest BCUT2D eigenvalue weighted by Gasteiger charge is 2.52. The van der Waals surface area contributed by atoms with Crippen molar-refractivity contribution in [3.63, 3.8) is 0 Å². The van der Waals surface area contributed by atoms with Gasteiger partial charge in [0.1, 0.15) is 101 Å². The number of anilines is 1. The summed E-state index contributed by atoms with van der Waals surface area (Å²) in [7, 11) is 2.80. The number of benzene rings is 6. The number of likely N-dealkylation sites (N-methyl/N-ethyl adjacent to an activating group) is 1. The van der Waals surface area contributed by atoms with Crippen molar-refractivity contribution in [2.75, 3.05) is 45.8 Å². The van der Waals surface area contributed by atoms with Crippen LogP contribution in [0.1, 0.15) is 111 Å². The monoisotopic (exact) mass is 1820 g/mol. The Morgan fingerprint density at radius 2 is 1.38 bits per heavy atom. The number of phenolic OH excluding ortho intramolecular Hbond substituents is 3. The molecular formula is C84H94Cl3N13O27. The van der Waals surface area contributed by atoms with Crippen LogP contribution < -0.4 is 79.0 Å². The fourth-order valence-electron chi connectivity index (χ4n) is 15.0. The Bertz CT molecular complexity index is 5400. The number of aromatic hydroxyl groups is 3. The molecular weight excluding hydrogens is 1730 g/mol. The van der Waals surface area contributed by atoms with Crippen molar-refractivity contribution in [1.29, 1.82) is 0 Å². The van der Waals surface area contributed by atoms with E-state index in [1.54, 1.807) is 31.2 Å². The van der Waals surface area contributed by atoms with Gasteiger partial charge in [0.15, 0.2) is 23.9 Å². The maximum absolute atomic E-state index is 16.4. The third kappa shape index (κ3) is 22.1. The lowest BCUT2D eigenvalue weighted by atomic mass is 9.85. The Hall–Kier alpha value is -11.7. The summed E-state index contributed by atoms with van der Waals surface area (Å²) >= 11 is 20.4. The van der Waals surface area contributed by atoms with Gasteiger partial charge in [-0.05, 0) is 145 Å². The topological polar surface area (TPSA) is 591 Å². The molecule has 7 aliphatic heterocycles. The highest BCUT2D eigenvalue weighted by molar-refractivity contribution is 6.32. The van der Waals surface area contributed by atoms with Gasteiger partial charge in [0.2, 0.25) is 59.3 Å². The van der Waals surface area contributed by atoms with Crippen molar-refractivity contribution in [3.8, 4) is 57.1 Å². The van der Waals surface area contributed by atoms with Crippen LogP contribution in [0.15, 0.2) is 126 Å². The van der Waals surface area contributed by atoms with Crippen molar-refractivity contribution < 1.29 is 127 Å². The lowest BCUT2D eigenvalue weighted by Gasteiger charge is -2.48. The number of amides is 9. The number of hydroxylamine groups is 1. The van der Waals surface area contributed by atoms with Gasteiger partial charge < -0.3 is 133 Å². The van der Waals surface area contributed by atoms with Gasteiger partial charge in [0, 0.05) is 66.6 Å². The zero-order valence-electron chi connectivity index (χ0n) is 68.7. The van der Waals surface area contributed by atoms with E-state index in [9.17, 15) is 69.9 Å². The molecule has 9 amide bonds. The van der Waals surface area contributed by atoms with Crippen LogP contribution in [0.25, 0.3) is 17.2 Å². The van der Waals surface area contributed by atoms with Gasteiger partial charge in [-0.1, -0.05) is 79.0 Å². The number of aliphatic hydroxyl groups excluding tert-OH is 6. The Labute approximate surface area is 738 Å². The number of nitrogens with two attached hydrogens (primary N) is 1. The van der Waals surface area contributed by atoms with Crippen LogP contribution in [0.2, 0.25) is 15.1 Å². The number of fused-ring (bicyclic) bond motifs is 15. The number of halogens is 3. The number of nitrogens with one attached hydrogen (secondary N) is 10. The van der Waals surface area contributed by atoms with Crippen LogP contribution in [0, 0.1) is 5.92 Å². The summed E-state index contributed by atoms with van der Waals surface area (Å²) in [5.41, 5.74) is 3.75. The molecule has 7 aromatic rings. The van der Waals surface area contributed by atoms with Gasteiger partial charge in [-0.25, -0.2) is 10.3 Å². The Morgan fingerprint density at radius 1 is 0.724 bits per heavy atom. The molecule has 0 saturated carbocycles. The van der Waals surface area contributed by atoms with E-state index in [-0.39, 0.29) is 73.3 Å². The Kier molecular flexibility index (Phi) is 30.5. The number of primary amides is 1. The second-order valence-corrected chi connectivity index (χ2v) is 32.4. The minimum Gasteiger partial charge on any atom is -0.508 e. The molecule has 11 bridgehead atoms. The molecule has 6 aromatic carbocycles. The first-order chi connectivity index (χ1) is 60.4. The maximum atomic E-state index is 16.4. The Balaban J connectivity index is 0.997. The first-order valence-corrected chi connectivity index (χ1v) is 41.0. The zero-order valence-corrected chi connectivity index (χ0v) is 70.9. The number of aliphatic hydroxyl groups is 6. The minimum absolute atomic E-state index is 0.0358. The maximum Gasteiger partial charge on any atom is 0.349 e. The van der Waals surface area contributed by atoms with Gasteiger partial charge in [0.05, 0.1) is 54.5 Å². The fourth-order valence-corrected chi connectivity index (χ4v) is 15.6. The van der Waals surface area contributed by atoms with E-state index in [0.717, 1.165) is 66.7 Å². The van der Waals surface area contributed by atoms with E-state index >= 15 is 24.0 Å². The summed E-state index contributed by atoms with van der Waals surface area (Å²) in [4.78, 5) is 156. The number of carbonyl (C=O) groups is 9. The van der Waals surface area contributed by atoms with E-state index in [2.05, 4.69) is 58.3 Å². The Morgan fingerprint density at radius 3 is 2.02 bits per heavy atom. The lowest BCUT2D eigenvalue weighted by Crippen LogP contribution is -2.65. The van der Waals surface area contributed by atoms with Gasteiger partial charge in [-0.15, -0.1) is 0 Å². The molecule has 2 fully saturated rings. The van der Waals surface area contributed by atoms with Crippen LogP contribution >= 0.6 is 34.8 Å². The van der Waals surface area contributed by atoms with Crippen molar-refractivity contribution in [2.45, 2.75) is 163 Å². The second kappa shape index (κ2) is 41.0. The number of aromatic nitrogens is 2. The van der Waals surface area contributed by atoms with Crippen molar-refractivity contribution in [3.05, 3.63) is 180 Å². The van der Waals surface area contributed by atoms with Crippen LogP contribution in [-0.4, -0.2) is 228 Å². The largest absolute Gasteiger partial charge is 0.508 e. The number of rotatable bonds is 24. The van der Waals surface area contributed by atoms with Crippen LogP contribution in [0.3, 0.4) is 0 Å². The van der Waals surface area contributed by atoms with Gasteiger partial charge in [-0.3, -0.25) is 52.6 Å². The summed E-state index contributed by atoms with van der Waals surface area (Å²) in [6.07, 6.45) is -15.4. The molecule has 43 heteroatoms. The predicted octanol–water partition coefficient (Wildman–Crippen LogP) is 1.91. The van der Waals surface area contributed by atoms with Crippen LogP contribution in [0.4, 0.5) is 5.82 Å². The number of nitrogens with zero attached hydrogens (tertiary/aromatic N) is 2. The van der Waals surface area contributed by atoms with E-state index in [4.69, 9.17) is 78.5 Å². The summed E-state index contributed by atoms with van der Waals surface area (Å²) in [6, 6.07) is 7.56. The highest BCUT2D eigenvalue weighted by atomic mass is 35.5. The molecule has 678 valence electrons. The second-order valence-electron chi connectivity index (χ2n) is 31.2. The molecule has 21 N–H and O–H groups in total. The van der Waals surface area contributed by atoms with E-state index < -0.39 is 254 Å². The molecule has 2 saturated heterocycles. The summed E-state index contributed by atoms with van der Waals surface area (Å²) in [5.74, 6) is -16.2. The number of phenols is 3. The molecule has 18 atom stereocenters. The van der Waals surface area contributed by atoms with Crippen molar-refractivity contribution in [1.82, 2.24) is 57.6 Å². The fraction of sp³-hybridized carbons (Fsp3) is 0.393. The molecule has 127 heavy (non-hydrogen) atoms. The highest BCUT2D eigenvalue weighted by Crippen LogP contribution is 2.50. The molecule has 0 aliphatic carbocycles. The van der Waals surface area contributed by atoms with Gasteiger partial charge in [0.25, 0.3) is 5.91 Å². The molecule has 8 heterocycles. The molecule has 0 radical (unpaired) electrons. The van der Waals surface area contributed by atoms with Crippen molar-refractivity contribution in [2.24, 2.45) is 11.7 Å². The normalized spacial score (nSPS) is 25.8. The van der Waals surface area contributed by atoms with Crippen LogP contribution in [-0.2, 0) is 73.5 Å². The van der Waals surface area contributed by atoms with Gasteiger partial charge >= 0.3 is 5.69 Å². The number of carbonyl (C=O) groups excluding carboxylic acids is 9. The average molecular weight is 1820 g/mol. The number of hydrogen-bond donors (Lipinski definition) is 20. The smallest absolute Gasteiger partial charge is 0.349 e.